The van der Waals surface area contributed by atoms with Gasteiger partial charge < -0.3 is 0 Å². The molecule has 8 aromatic carbocycles. The molecule has 0 N–H and O–H groups in total. The Labute approximate surface area is 338 Å². The van der Waals surface area contributed by atoms with Crippen LogP contribution < -0.4 is 0 Å². The van der Waals surface area contributed by atoms with E-state index in [9.17, 15) is 0 Å². The second-order valence-electron chi connectivity index (χ2n) is 9.67. The van der Waals surface area contributed by atoms with E-state index in [0.717, 1.165) is 0 Å². The molecule has 0 aliphatic heterocycles. The molecule has 0 heterocycles. The van der Waals surface area contributed by atoms with Gasteiger partial charge >= 0.3 is 68.3 Å². The van der Waals surface area contributed by atoms with Crippen LogP contribution in [-0.2, 0) is 68.3 Å². The van der Waals surface area contributed by atoms with Gasteiger partial charge in [-0.15, -0.1) is 21.6 Å². The van der Waals surface area contributed by atoms with Gasteiger partial charge in [0.1, 0.15) is 0 Å². The van der Waals surface area contributed by atoms with Crippen LogP contribution in [0.15, 0.2) is 218 Å². The predicted molar refractivity (Wildman–Crippen MR) is 195 cm³/mol. The molecule has 8 rings (SSSR count). The molecule has 0 amide bonds. The summed E-state index contributed by atoms with van der Waals surface area (Å²) in [5, 5.41) is 0.736. The van der Waals surface area contributed by atoms with Crippen molar-refractivity contribution in [3.05, 3.63) is 241 Å². The Bertz CT molecular complexity index is 1260. The maximum absolute atomic E-state index is 2.23. The summed E-state index contributed by atoms with van der Waals surface area (Å²) in [7, 11) is 3.92. The quantitative estimate of drug-likeness (QED) is 0.0892. The van der Waals surface area contributed by atoms with Crippen molar-refractivity contribution >= 4 is 21.6 Å². The third-order valence-corrected chi connectivity index (χ3v) is 9.51. The molecule has 0 aliphatic rings. The van der Waals surface area contributed by atoms with Gasteiger partial charge in [-0.05, 0) is 10.5 Å². The molecule has 0 bridgehead atoms. The summed E-state index contributed by atoms with van der Waals surface area (Å²) in [5.74, 6) is 0. The molecule has 0 aliphatic carbocycles. The van der Waals surface area contributed by atoms with Crippen LogP contribution in [0.3, 0.4) is 0 Å². The van der Waals surface area contributed by atoms with Crippen molar-refractivity contribution in [3.8, 4) is 0 Å². The van der Waals surface area contributed by atoms with Crippen LogP contribution in [0, 0.1) is 0 Å². The SMILES string of the molecule is [Fe+2].[Fe+2].[Fe+2].[Fe+2].c1cc[c-](C(SSC([c-]2cccc2)[c-]2cccc2)[c-]2cccc2)c1.c1cc[cH-]c1.c1cc[cH-]c1.c1cc[cH-]c1.c1cc[cH-]c1. The summed E-state index contributed by atoms with van der Waals surface area (Å²) in [5.41, 5.74) is 5.51. The van der Waals surface area contributed by atoms with Crippen LogP contribution in [0.4, 0.5) is 0 Å². The van der Waals surface area contributed by atoms with Crippen LogP contribution in [0.1, 0.15) is 32.8 Å². The topological polar surface area (TPSA) is 0 Å². The Balaban J connectivity index is 0.000000747. The molecule has 0 spiro atoms. The van der Waals surface area contributed by atoms with Gasteiger partial charge in [0.15, 0.2) is 0 Å². The van der Waals surface area contributed by atoms with Crippen molar-refractivity contribution in [2.75, 3.05) is 0 Å². The smallest absolute Gasteiger partial charge is 0.214 e. The summed E-state index contributed by atoms with van der Waals surface area (Å²) in [4.78, 5) is 0. The Hall–Kier alpha value is -2.42. The standard InChI is InChI=1S/C22H18S2.4C5H5.4Fe/c1-2-10-17(9-1)21(18-11-3-4-12-18)23-24-22(19-13-5-6-14-19)20-15-7-8-16-20;4*1-2-4-5-3-1;;;;/h1-16,21-22H;4*1-5H;;;;/q-4;4*-1;4*+2. The third kappa shape index (κ3) is 17.8. The van der Waals surface area contributed by atoms with Gasteiger partial charge in [-0.2, -0.15) is 144 Å². The van der Waals surface area contributed by atoms with E-state index in [-0.39, 0.29) is 68.3 Å². The van der Waals surface area contributed by atoms with Gasteiger partial charge in [-0.1, -0.05) is 0 Å². The number of hydrogen-bond donors (Lipinski definition) is 0. The van der Waals surface area contributed by atoms with E-state index in [2.05, 4.69) is 97.1 Å². The minimum absolute atomic E-state index is 0. The average Bonchev–Trinajstić information content (AvgIpc) is 3.96. The predicted octanol–water partition coefficient (Wildman–Crippen LogP) is 12.4. The van der Waals surface area contributed by atoms with Crippen LogP contribution >= 0.6 is 21.6 Å². The van der Waals surface area contributed by atoms with Crippen molar-refractivity contribution in [1.82, 2.24) is 0 Å². The third-order valence-electron chi connectivity index (χ3n) is 6.44. The fourth-order valence-electron chi connectivity index (χ4n) is 4.26. The van der Waals surface area contributed by atoms with E-state index in [0.29, 0.717) is 10.5 Å². The molecule has 0 saturated heterocycles. The van der Waals surface area contributed by atoms with Gasteiger partial charge in [0, 0.05) is 0 Å². The van der Waals surface area contributed by atoms with E-state index in [1.165, 1.54) is 22.3 Å². The summed E-state index contributed by atoms with van der Waals surface area (Å²) in [6.07, 6.45) is 0. The van der Waals surface area contributed by atoms with Crippen LogP contribution in [-0.4, -0.2) is 0 Å². The van der Waals surface area contributed by atoms with Crippen molar-refractivity contribution in [2.45, 2.75) is 10.5 Å². The second-order valence-corrected chi connectivity index (χ2v) is 12.2. The average molecular weight is 830 g/mol. The molecular formula is C42H38Fe4S2. The number of rotatable bonds is 7. The molecule has 0 atom stereocenters. The van der Waals surface area contributed by atoms with E-state index >= 15 is 0 Å². The minimum atomic E-state index is 0. The summed E-state index contributed by atoms with van der Waals surface area (Å²) < 4.78 is 0. The zero-order valence-corrected chi connectivity index (χ0v) is 32.2. The van der Waals surface area contributed by atoms with E-state index in [1.54, 1.807) is 0 Å². The van der Waals surface area contributed by atoms with Crippen molar-refractivity contribution in [3.63, 3.8) is 0 Å². The molecule has 0 fully saturated rings. The summed E-state index contributed by atoms with van der Waals surface area (Å²) in [6.45, 7) is 0. The van der Waals surface area contributed by atoms with E-state index < -0.39 is 0 Å². The maximum atomic E-state index is 2.23. The zero-order chi connectivity index (χ0) is 30.3. The summed E-state index contributed by atoms with van der Waals surface area (Å²) >= 11 is 0. The molecule has 250 valence electrons. The normalized spacial score (nSPS) is 9.12. The van der Waals surface area contributed by atoms with Crippen molar-refractivity contribution in [2.24, 2.45) is 0 Å². The van der Waals surface area contributed by atoms with Gasteiger partial charge in [0.05, 0.1) is 0 Å². The Morgan fingerprint density at radius 2 is 0.438 bits per heavy atom. The van der Waals surface area contributed by atoms with Gasteiger partial charge in [-0.25, -0.2) is 97.1 Å². The number of hydrogen-bond acceptors (Lipinski definition) is 2. The molecule has 0 unspecified atom stereocenters. The van der Waals surface area contributed by atoms with Crippen LogP contribution in [0.2, 0.25) is 0 Å². The Kier molecular flexibility index (Phi) is 28.0. The molecule has 8 aromatic rings. The molecule has 48 heavy (non-hydrogen) atoms. The molecule has 6 heteroatoms. The monoisotopic (exact) mass is 830 g/mol. The first-order chi connectivity index (χ1) is 21.9. The fourth-order valence-corrected chi connectivity index (χ4v) is 7.55. The van der Waals surface area contributed by atoms with Crippen molar-refractivity contribution in [1.29, 1.82) is 0 Å². The van der Waals surface area contributed by atoms with Crippen molar-refractivity contribution < 1.29 is 68.3 Å². The first-order valence-corrected chi connectivity index (χ1v) is 17.0. The molecule has 0 saturated carbocycles. The van der Waals surface area contributed by atoms with E-state index in [4.69, 9.17) is 0 Å². The Morgan fingerprint density at radius 1 is 0.271 bits per heavy atom. The van der Waals surface area contributed by atoms with Gasteiger partial charge in [-0.3, -0.25) is 0 Å². The zero-order valence-electron chi connectivity index (χ0n) is 26.2. The fraction of sp³-hybridized carbons (Fsp3) is 0.0476. The van der Waals surface area contributed by atoms with Gasteiger partial charge in [0.25, 0.3) is 0 Å². The Morgan fingerprint density at radius 3 is 0.562 bits per heavy atom. The first-order valence-electron chi connectivity index (χ1n) is 14.8. The van der Waals surface area contributed by atoms with E-state index in [1.807, 2.05) is 143 Å². The van der Waals surface area contributed by atoms with Gasteiger partial charge in [0.2, 0.25) is 0 Å². The molecule has 0 nitrogen and oxygen atoms in total. The largest absolute Gasteiger partial charge is 2.00 e. The maximum Gasteiger partial charge on any atom is 2.00 e. The van der Waals surface area contributed by atoms with Crippen LogP contribution in [0.25, 0.3) is 0 Å². The molecule has 0 radical (unpaired) electrons. The minimum Gasteiger partial charge on any atom is -0.214 e. The molecular weight excluding hydrogens is 792 g/mol. The summed E-state index contributed by atoms with van der Waals surface area (Å²) in [6, 6.07) is 74.8. The first kappa shape index (κ1) is 45.6. The van der Waals surface area contributed by atoms with Crippen LogP contribution in [0.5, 0.6) is 0 Å². The molecule has 0 aromatic heterocycles. The second kappa shape index (κ2) is 29.5.